The summed E-state index contributed by atoms with van der Waals surface area (Å²) in [5, 5.41) is 2.89. The molecular formula is C13H17ClFNO. The minimum Gasteiger partial charge on any atom is -0.356 e. The van der Waals surface area contributed by atoms with Crippen molar-refractivity contribution in [2.24, 2.45) is 5.92 Å². The van der Waals surface area contributed by atoms with Crippen LogP contribution in [0, 0.1) is 18.7 Å². The first-order valence-electron chi connectivity index (χ1n) is 5.62. The van der Waals surface area contributed by atoms with Gasteiger partial charge in [0, 0.05) is 6.54 Å². The summed E-state index contributed by atoms with van der Waals surface area (Å²) in [5.41, 5.74) is 1.12. The summed E-state index contributed by atoms with van der Waals surface area (Å²) in [6.45, 7) is 6.31. The zero-order chi connectivity index (χ0) is 13.0. The maximum Gasteiger partial charge on any atom is 0.224 e. The molecule has 1 N–H and O–H groups in total. The number of hydrogen-bond donors (Lipinski definition) is 1. The summed E-state index contributed by atoms with van der Waals surface area (Å²) >= 11 is 5.65. The maximum absolute atomic E-state index is 13.5. The fourth-order valence-corrected chi connectivity index (χ4v) is 1.64. The van der Waals surface area contributed by atoms with Gasteiger partial charge >= 0.3 is 0 Å². The average Bonchev–Trinajstić information content (AvgIpc) is 2.27. The van der Waals surface area contributed by atoms with Gasteiger partial charge in [-0.3, -0.25) is 4.79 Å². The van der Waals surface area contributed by atoms with Crippen LogP contribution in [0.4, 0.5) is 4.39 Å². The van der Waals surface area contributed by atoms with E-state index in [2.05, 4.69) is 5.32 Å². The topological polar surface area (TPSA) is 29.1 Å². The van der Waals surface area contributed by atoms with Crippen LogP contribution in [0.3, 0.4) is 0 Å². The second kappa shape index (κ2) is 6.01. The summed E-state index contributed by atoms with van der Waals surface area (Å²) < 4.78 is 13.5. The number of carbonyl (C=O) groups excluding carboxylic acids is 1. The molecule has 1 aromatic rings. The van der Waals surface area contributed by atoms with Gasteiger partial charge in [-0.25, -0.2) is 4.39 Å². The van der Waals surface area contributed by atoms with E-state index in [1.165, 1.54) is 6.07 Å². The molecule has 0 bridgehead atoms. The van der Waals surface area contributed by atoms with Crippen molar-refractivity contribution in [1.29, 1.82) is 0 Å². The van der Waals surface area contributed by atoms with Crippen molar-refractivity contribution in [3.8, 4) is 0 Å². The molecule has 0 heterocycles. The summed E-state index contributed by atoms with van der Waals surface area (Å²) in [5.74, 6) is -0.133. The smallest absolute Gasteiger partial charge is 0.224 e. The Morgan fingerprint density at radius 3 is 2.71 bits per heavy atom. The molecule has 4 heteroatoms. The Kier molecular flexibility index (Phi) is 4.94. The number of rotatable bonds is 4. The first-order chi connectivity index (χ1) is 7.91. The van der Waals surface area contributed by atoms with Crippen LogP contribution < -0.4 is 5.32 Å². The summed E-state index contributed by atoms with van der Waals surface area (Å²) in [6, 6.07) is 3.17. The van der Waals surface area contributed by atoms with Crippen molar-refractivity contribution in [1.82, 2.24) is 5.32 Å². The van der Waals surface area contributed by atoms with Crippen molar-refractivity contribution in [2.45, 2.75) is 27.2 Å². The van der Waals surface area contributed by atoms with E-state index in [-0.39, 0.29) is 17.4 Å². The Labute approximate surface area is 106 Å². The standard InChI is InChI=1S/C13H17ClFNO/c1-8(2)7-16-12(17)6-10-4-5-11(14)13(15)9(10)3/h4-5,8H,6-7H2,1-3H3,(H,16,17). The van der Waals surface area contributed by atoms with E-state index in [9.17, 15) is 9.18 Å². The predicted molar refractivity (Wildman–Crippen MR) is 67.7 cm³/mol. The molecule has 1 amide bonds. The molecule has 0 aliphatic carbocycles. The number of amides is 1. The zero-order valence-electron chi connectivity index (χ0n) is 10.3. The Bertz CT molecular complexity index is 418. The number of nitrogens with one attached hydrogen (secondary N) is 1. The molecule has 0 saturated heterocycles. The zero-order valence-corrected chi connectivity index (χ0v) is 11.1. The highest BCUT2D eigenvalue weighted by atomic mass is 35.5. The molecule has 0 aliphatic heterocycles. The third kappa shape index (κ3) is 4.00. The van der Waals surface area contributed by atoms with Crippen LogP contribution in [0.15, 0.2) is 12.1 Å². The lowest BCUT2D eigenvalue weighted by molar-refractivity contribution is -0.120. The van der Waals surface area contributed by atoms with Gasteiger partial charge in [0.05, 0.1) is 11.4 Å². The summed E-state index contributed by atoms with van der Waals surface area (Å²) in [6.07, 6.45) is 0.187. The van der Waals surface area contributed by atoms with Crippen molar-refractivity contribution in [2.75, 3.05) is 6.54 Å². The number of carbonyl (C=O) groups is 1. The third-order valence-corrected chi connectivity index (χ3v) is 2.80. The molecule has 1 aromatic carbocycles. The van der Waals surface area contributed by atoms with Gasteiger partial charge in [-0.1, -0.05) is 31.5 Å². The number of halogens is 2. The molecule has 0 aliphatic rings. The largest absolute Gasteiger partial charge is 0.356 e. The lowest BCUT2D eigenvalue weighted by Gasteiger charge is -2.10. The van der Waals surface area contributed by atoms with Gasteiger partial charge in [-0.15, -0.1) is 0 Å². The SMILES string of the molecule is Cc1c(CC(=O)NCC(C)C)ccc(Cl)c1F. The molecule has 94 valence electrons. The van der Waals surface area contributed by atoms with Gasteiger partial charge in [0.15, 0.2) is 0 Å². The molecule has 1 rings (SSSR count). The summed E-state index contributed by atoms with van der Waals surface area (Å²) in [4.78, 5) is 11.6. The monoisotopic (exact) mass is 257 g/mol. The Morgan fingerprint density at radius 2 is 2.12 bits per heavy atom. The number of hydrogen-bond acceptors (Lipinski definition) is 1. The normalized spacial score (nSPS) is 10.7. The second-order valence-corrected chi connectivity index (χ2v) is 4.93. The molecular weight excluding hydrogens is 241 g/mol. The molecule has 0 atom stereocenters. The molecule has 0 saturated carbocycles. The van der Waals surface area contributed by atoms with E-state index < -0.39 is 5.82 Å². The second-order valence-electron chi connectivity index (χ2n) is 4.52. The molecule has 17 heavy (non-hydrogen) atoms. The van der Waals surface area contributed by atoms with Gasteiger partial charge in [-0.2, -0.15) is 0 Å². The van der Waals surface area contributed by atoms with Gasteiger partial charge < -0.3 is 5.32 Å². The van der Waals surface area contributed by atoms with E-state index >= 15 is 0 Å². The van der Waals surface area contributed by atoms with Crippen LogP contribution in [0.25, 0.3) is 0 Å². The van der Waals surface area contributed by atoms with Crippen LogP contribution in [0.1, 0.15) is 25.0 Å². The maximum atomic E-state index is 13.5. The lowest BCUT2D eigenvalue weighted by Crippen LogP contribution is -2.28. The predicted octanol–water partition coefficient (Wildman–Crippen LogP) is 3.10. The molecule has 0 radical (unpaired) electrons. The Hall–Kier alpha value is -1.09. The van der Waals surface area contributed by atoms with Crippen LogP contribution in [0.2, 0.25) is 5.02 Å². The molecule has 0 fully saturated rings. The van der Waals surface area contributed by atoms with Crippen molar-refractivity contribution >= 4 is 17.5 Å². The van der Waals surface area contributed by atoms with E-state index in [1.54, 1.807) is 13.0 Å². The molecule has 0 spiro atoms. The fraction of sp³-hybridized carbons (Fsp3) is 0.462. The van der Waals surface area contributed by atoms with E-state index in [1.807, 2.05) is 13.8 Å². The van der Waals surface area contributed by atoms with Crippen LogP contribution >= 0.6 is 11.6 Å². The molecule has 0 aromatic heterocycles. The Morgan fingerprint density at radius 1 is 1.47 bits per heavy atom. The van der Waals surface area contributed by atoms with Gasteiger partial charge in [0.1, 0.15) is 5.82 Å². The average molecular weight is 258 g/mol. The van der Waals surface area contributed by atoms with Gasteiger partial charge in [0.2, 0.25) is 5.91 Å². The quantitative estimate of drug-likeness (QED) is 0.882. The lowest BCUT2D eigenvalue weighted by atomic mass is 10.0. The van der Waals surface area contributed by atoms with E-state index in [0.29, 0.717) is 23.6 Å². The fourth-order valence-electron chi connectivity index (χ4n) is 1.44. The first-order valence-corrected chi connectivity index (χ1v) is 5.99. The number of benzene rings is 1. The van der Waals surface area contributed by atoms with Crippen molar-refractivity contribution < 1.29 is 9.18 Å². The third-order valence-electron chi connectivity index (χ3n) is 2.51. The van der Waals surface area contributed by atoms with E-state index in [0.717, 1.165) is 0 Å². The first kappa shape index (κ1) is 14.0. The van der Waals surface area contributed by atoms with Crippen LogP contribution in [-0.4, -0.2) is 12.5 Å². The Balaban J connectivity index is 2.69. The van der Waals surface area contributed by atoms with Crippen LogP contribution in [0.5, 0.6) is 0 Å². The summed E-state index contributed by atoms with van der Waals surface area (Å²) in [7, 11) is 0. The molecule has 2 nitrogen and oxygen atoms in total. The minimum absolute atomic E-state index is 0.0915. The highest BCUT2D eigenvalue weighted by Gasteiger charge is 2.11. The van der Waals surface area contributed by atoms with Crippen molar-refractivity contribution in [3.63, 3.8) is 0 Å². The highest BCUT2D eigenvalue weighted by Crippen LogP contribution is 2.21. The van der Waals surface area contributed by atoms with Gasteiger partial charge in [0.25, 0.3) is 0 Å². The van der Waals surface area contributed by atoms with Crippen molar-refractivity contribution in [3.05, 3.63) is 34.1 Å². The van der Waals surface area contributed by atoms with Crippen LogP contribution in [-0.2, 0) is 11.2 Å². The minimum atomic E-state index is -0.444. The highest BCUT2D eigenvalue weighted by molar-refractivity contribution is 6.30. The van der Waals surface area contributed by atoms with Gasteiger partial charge in [-0.05, 0) is 30.0 Å². The van der Waals surface area contributed by atoms with E-state index in [4.69, 9.17) is 11.6 Å². The molecule has 0 unspecified atom stereocenters.